The number of fused-ring (bicyclic) bond motifs is 2. The number of para-hydroxylation sites is 2. The molecule has 10 heteroatoms. The summed E-state index contributed by atoms with van der Waals surface area (Å²) in [5, 5.41) is 11.7. The molecule has 0 fully saturated rings. The van der Waals surface area contributed by atoms with E-state index in [0.717, 1.165) is 27.5 Å². The molecule has 0 saturated heterocycles. The summed E-state index contributed by atoms with van der Waals surface area (Å²) in [7, 11) is 0. The van der Waals surface area contributed by atoms with Gasteiger partial charge in [-0.05, 0) is 36.8 Å². The second-order valence-electron chi connectivity index (χ2n) is 6.60. The number of ether oxygens (including phenoxy) is 2. The standard InChI is InChI=1S/C20H16N4O4S2/c1-11-6-7-12-16(8-11)30-19(21-12)22-17(25)10-29-20-24-23-18(28-20)15-9-26-13-4-2-3-5-14(13)27-15/h2-8,15H,9-10H2,1H3,(H,21,22,25). The average molecular weight is 441 g/mol. The van der Waals surface area contributed by atoms with E-state index in [4.69, 9.17) is 13.9 Å². The molecule has 2 aromatic heterocycles. The van der Waals surface area contributed by atoms with Gasteiger partial charge in [-0.3, -0.25) is 4.79 Å². The summed E-state index contributed by atoms with van der Waals surface area (Å²) in [6, 6.07) is 13.4. The first-order chi connectivity index (χ1) is 14.6. The number of carbonyl (C=O) groups is 1. The number of anilines is 1. The van der Waals surface area contributed by atoms with Gasteiger partial charge in [0, 0.05) is 0 Å². The minimum Gasteiger partial charge on any atom is -0.485 e. The van der Waals surface area contributed by atoms with Crippen LogP contribution in [-0.2, 0) is 4.79 Å². The number of thiazole rings is 1. The molecule has 1 unspecified atom stereocenters. The fourth-order valence-electron chi connectivity index (χ4n) is 2.92. The summed E-state index contributed by atoms with van der Waals surface area (Å²) < 4.78 is 18.2. The lowest BCUT2D eigenvalue weighted by molar-refractivity contribution is -0.113. The Balaban J connectivity index is 1.18. The fraction of sp³-hybridized carbons (Fsp3) is 0.200. The third-order valence-corrected chi connectivity index (χ3v) is 6.08. The van der Waals surface area contributed by atoms with Crippen LogP contribution in [0.25, 0.3) is 10.2 Å². The molecule has 1 amide bonds. The number of amides is 1. The Morgan fingerprint density at radius 2 is 2.10 bits per heavy atom. The summed E-state index contributed by atoms with van der Waals surface area (Å²) in [5.41, 5.74) is 2.02. The van der Waals surface area contributed by atoms with E-state index in [9.17, 15) is 4.79 Å². The molecule has 0 saturated carbocycles. The molecule has 4 aromatic rings. The quantitative estimate of drug-likeness (QED) is 0.460. The Morgan fingerprint density at radius 3 is 3.00 bits per heavy atom. The van der Waals surface area contributed by atoms with Gasteiger partial charge in [0.15, 0.2) is 16.6 Å². The van der Waals surface area contributed by atoms with E-state index in [-0.39, 0.29) is 18.3 Å². The monoisotopic (exact) mass is 440 g/mol. The van der Waals surface area contributed by atoms with Gasteiger partial charge in [0.25, 0.3) is 11.1 Å². The molecule has 152 valence electrons. The number of benzene rings is 2. The normalized spacial score (nSPS) is 15.3. The lowest BCUT2D eigenvalue weighted by atomic mass is 10.2. The van der Waals surface area contributed by atoms with E-state index in [1.54, 1.807) is 0 Å². The van der Waals surface area contributed by atoms with Gasteiger partial charge in [-0.2, -0.15) is 0 Å². The molecule has 1 atom stereocenters. The molecular weight excluding hydrogens is 424 g/mol. The zero-order chi connectivity index (χ0) is 20.5. The van der Waals surface area contributed by atoms with Crippen molar-refractivity contribution < 1.29 is 18.7 Å². The maximum absolute atomic E-state index is 12.3. The van der Waals surface area contributed by atoms with E-state index in [1.165, 1.54) is 11.3 Å². The Kier molecular flexibility index (Phi) is 5.01. The predicted octanol–water partition coefficient (Wildman–Crippen LogP) is 4.23. The van der Waals surface area contributed by atoms with E-state index in [2.05, 4.69) is 20.5 Å². The first-order valence-electron chi connectivity index (χ1n) is 9.16. The highest BCUT2D eigenvalue weighted by Crippen LogP contribution is 2.36. The number of hydrogen-bond donors (Lipinski definition) is 1. The molecule has 1 N–H and O–H groups in total. The maximum atomic E-state index is 12.3. The van der Waals surface area contributed by atoms with Crippen molar-refractivity contribution in [2.24, 2.45) is 0 Å². The molecule has 1 aliphatic heterocycles. The molecule has 3 heterocycles. The molecular formula is C20H16N4O4S2. The van der Waals surface area contributed by atoms with Crippen LogP contribution >= 0.6 is 23.1 Å². The molecule has 8 nitrogen and oxygen atoms in total. The van der Waals surface area contributed by atoms with Crippen LogP contribution in [-0.4, -0.2) is 33.4 Å². The minimum absolute atomic E-state index is 0.126. The van der Waals surface area contributed by atoms with E-state index < -0.39 is 6.10 Å². The van der Waals surface area contributed by atoms with Crippen LogP contribution in [0.1, 0.15) is 17.6 Å². The van der Waals surface area contributed by atoms with Crippen LogP contribution in [0.4, 0.5) is 5.13 Å². The Morgan fingerprint density at radius 1 is 1.23 bits per heavy atom. The fourth-order valence-corrected chi connectivity index (χ4v) is 4.47. The molecule has 0 spiro atoms. The van der Waals surface area contributed by atoms with Crippen molar-refractivity contribution in [3.63, 3.8) is 0 Å². The van der Waals surface area contributed by atoms with Crippen molar-refractivity contribution in [2.75, 3.05) is 17.7 Å². The topological polar surface area (TPSA) is 99.4 Å². The van der Waals surface area contributed by atoms with Gasteiger partial charge in [0.05, 0.1) is 16.0 Å². The van der Waals surface area contributed by atoms with Gasteiger partial charge in [0.2, 0.25) is 12.0 Å². The summed E-state index contributed by atoms with van der Waals surface area (Å²) in [6.45, 7) is 2.30. The Hall–Kier alpha value is -3.11. The summed E-state index contributed by atoms with van der Waals surface area (Å²) in [5.74, 6) is 1.56. The van der Waals surface area contributed by atoms with E-state index in [0.29, 0.717) is 27.7 Å². The zero-order valence-electron chi connectivity index (χ0n) is 15.8. The van der Waals surface area contributed by atoms with Gasteiger partial charge in [-0.15, -0.1) is 10.2 Å². The van der Waals surface area contributed by atoms with Crippen LogP contribution in [0.3, 0.4) is 0 Å². The number of aryl methyl sites for hydroxylation is 1. The van der Waals surface area contributed by atoms with Crippen molar-refractivity contribution in [1.29, 1.82) is 0 Å². The number of thioether (sulfide) groups is 1. The van der Waals surface area contributed by atoms with Crippen LogP contribution in [0.15, 0.2) is 52.1 Å². The number of aromatic nitrogens is 3. The largest absolute Gasteiger partial charge is 0.485 e. The molecule has 0 bridgehead atoms. The molecule has 0 radical (unpaired) electrons. The van der Waals surface area contributed by atoms with Crippen molar-refractivity contribution in [3.05, 3.63) is 53.9 Å². The van der Waals surface area contributed by atoms with Gasteiger partial charge in [-0.1, -0.05) is 41.3 Å². The molecule has 5 rings (SSSR count). The second-order valence-corrected chi connectivity index (χ2v) is 8.55. The average Bonchev–Trinajstić information content (AvgIpc) is 3.38. The summed E-state index contributed by atoms with van der Waals surface area (Å²) in [6.07, 6.45) is -0.484. The SMILES string of the molecule is Cc1ccc2nc(NC(=O)CSc3nnc(C4COc5ccccc5O4)o3)sc2c1. The van der Waals surface area contributed by atoms with Crippen LogP contribution in [0.2, 0.25) is 0 Å². The van der Waals surface area contributed by atoms with E-state index >= 15 is 0 Å². The first kappa shape index (κ1) is 18.9. The minimum atomic E-state index is -0.484. The lowest BCUT2D eigenvalue weighted by Gasteiger charge is -2.23. The van der Waals surface area contributed by atoms with Gasteiger partial charge < -0.3 is 19.2 Å². The smallest absolute Gasteiger partial charge is 0.277 e. The van der Waals surface area contributed by atoms with Crippen molar-refractivity contribution in [3.8, 4) is 11.5 Å². The third-order valence-electron chi connectivity index (χ3n) is 4.32. The van der Waals surface area contributed by atoms with Gasteiger partial charge in [0.1, 0.15) is 6.61 Å². The predicted molar refractivity (Wildman–Crippen MR) is 113 cm³/mol. The molecule has 2 aromatic carbocycles. The van der Waals surface area contributed by atoms with Crippen molar-refractivity contribution in [1.82, 2.24) is 15.2 Å². The van der Waals surface area contributed by atoms with Crippen LogP contribution in [0, 0.1) is 6.92 Å². The van der Waals surface area contributed by atoms with Crippen molar-refractivity contribution >= 4 is 44.4 Å². The Bertz CT molecular complexity index is 1220. The van der Waals surface area contributed by atoms with Gasteiger partial charge in [-0.25, -0.2) is 4.98 Å². The number of carbonyl (C=O) groups excluding carboxylic acids is 1. The number of nitrogens with zero attached hydrogens (tertiary/aromatic N) is 3. The summed E-state index contributed by atoms with van der Waals surface area (Å²) >= 11 is 2.60. The van der Waals surface area contributed by atoms with Crippen molar-refractivity contribution in [2.45, 2.75) is 18.3 Å². The molecule has 0 aliphatic carbocycles. The Labute approximate surface area is 179 Å². The second kappa shape index (κ2) is 7.96. The van der Waals surface area contributed by atoms with Gasteiger partial charge >= 0.3 is 0 Å². The highest BCUT2D eigenvalue weighted by Gasteiger charge is 2.27. The summed E-state index contributed by atoms with van der Waals surface area (Å²) in [4.78, 5) is 16.7. The number of rotatable bonds is 5. The lowest BCUT2D eigenvalue weighted by Crippen LogP contribution is -2.21. The number of hydrogen-bond acceptors (Lipinski definition) is 9. The third kappa shape index (κ3) is 3.96. The number of nitrogens with one attached hydrogen (secondary N) is 1. The first-order valence-corrected chi connectivity index (χ1v) is 11.0. The van der Waals surface area contributed by atoms with Crippen LogP contribution in [0.5, 0.6) is 11.5 Å². The zero-order valence-corrected chi connectivity index (χ0v) is 17.5. The highest BCUT2D eigenvalue weighted by atomic mass is 32.2. The van der Waals surface area contributed by atoms with E-state index in [1.807, 2.05) is 49.4 Å². The highest BCUT2D eigenvalue weighted by molar-refractivity contribution is 7.99. The maximum Gasteiger partial charge on any atom is 0.277 e. The molecule has 1 aliphatic rings. The van der Waals surface area contributed by atoms with Crippen LogP contribution < -0.4 is 14.8 Å². The molecule has 30 heavy (non-hydrogen) atoms.